The van der Waals surface area contributed by atoms with Crippen LogP contribution in [0.3, 0.4) is 0 Å². The molecule has 0 radical (unpaired) electrons. The van der Waals surface area contributed by atoms with Crippen LogP contribution in [0, 0.1) is 0 Å². The topological polar surface area (TPSA) is 105 Å². The fourth-order valence-electron chi connectivity index (χ4n) is 2.15. The van der Waals surface area contributed by atoms with Crippen LogP contribution in [0.25, 0.3) is 22.7 Å². The first kappa shape index (κ1) is 12.5. The monoisotopic (exact) mass is 298 g/mol. The molecular weight excluding hydrogens is 288 g/mol. The first-order chi connectivity index (χ1) is 10.7. The molecule has 22 heavy (non-hydrogen) atoms. The lowest BCUT2D eigenvalue weighted by atomic mass is 10.4. The third-order valence-corrected chi connectivity index (χ3v) is 3.23. The molecular formula is C13H10N6O3. The Balaban J connectivity index is 1.69. The van der Waals surface area contributed by atoms with Gasteiger partial charge in [-0.1, -0.05) is 5.16 Å². The summed E-state index contributed by atoms with van der Waals surface area (Å²) < 4.78 is 13.2. The highest BCUT2D eigenvalue weighted by Crippen LogP contribution is 2.17. The lowest BCUT2D eigenvalue weighted by Crippen LogP contribution is -2.21. The van der Waals surface area contributed by atoms with Gasteiger partial charge in [0.2, 0.25) is 0 Å². The third-order valence-electron chi connectivity index (χ3n) is 3.23. The number of aryl methyl sites for hydroxylation is 1. The number of nitrogens with zero attached hydrogens (tertiary/aromatic N) is 6. The van der Waals surface area contributed by atoms with Crippen LogP contribution in [0.1, 0.15) is 5.82 Å². The fourth-order valence-corrected chi connectivity index (χ4v) is 2.15. The van der Waals surface area contributed by atoms with E-state index in [1.165, 1.54) is 23.4 Å². The van der Waals surface area contributed by atoms with Gasteiger partial charge in [0.15, 0.2) is 17.2 Å². The molecule has 0 aromatic carbocycles. The van der Waals surface area contributed by atoms with Crippen LogP contribution in [-0.4, -0.2) is 29.5 Å². The molecule has 0 aliphatic heterocycles. The van der Waals surface area contributed by atoms with E-state index in [1.54, 1.807) is 23.9 Å². The van der Waals surface area contributed by atoms with E-state index in [0.717, 1.165) is 0 Å². The van der Waals surface area contributed by atoms with Gasteiger partial charge in [0.1, 0.15) is 11.7 Å². The summed E-state index contributed by atoms with van der Waals surface area (Å²) >= 11 is 0. The Morgan fingerprint density at radius 3 is 3.09 bits per heavy atom. The molecule has 0 N–H and O–H groups in total. The predicted molar refractivity (Wildman–Crippen MR) is 73.9 cm³/mol. The molecule has 0 amide bonds. The van der Waals surface area contributed by atoms with Crippen LogP contribution in [0.15, 0.2) is 44.7 Å². The number of rotatable bonds is 3. The zero-order valence-electron chi connectivity index (χ0n) is 11.5. The van der Waals surface area contributed by atoms with Gasteiger partial charge >= 0.3 is 0 Å². The van der Waals surface area contributed by atoms with E-state index < -0.39 is 0 Å². The third kappa shape index (κ3) is 1.91. The fraction of sp³-hybridized carbons (Fsp3) is 0.154. The Kier molecular flexibility index (Phi) is 2.65. The van der Waals surface area contributed by atoms with Crippen LogP contribution in [0.4, 0.5) is 0 Å². The summed E-state index contributed by atoms with van der Waals surface area (Å²) in [6, 6.07) is 3.44. The molecule has 0 saturated heterocycles. The molecule has 9 nitrogen and oxygen atoms in total. The van der Waals surface area contributed by atoms with Crippen LogP contribution in [-0.2, 0) is 13.6 Å². The SMILES string of the molecule is Cn1ncc2c(=O)n(Cc3noc(-c4ccco4)n3)cnc21. The van der Waals surface area contributed by atoms with E-state index in [4.69, 9.17) is 8.94 Å². The van der Waals surface area contributed by atoms with Gasteiger partial charge in [-0.2, -0.15) is 10.1 Å². The molecule has 0 saturated carbocycles. The molecule has 0 unspecified atom stereocenters. The molecule has 4 rings (SSSR count). The smallest absolute Gasteiger partial charge is 0.293 e. The maximum Gasteiger partial charge on any atom is 0.293 e. The van der Waals surface area contributed by atoms with Crippen molar-refractivity contribution in [2.24, 2.45) is 7.05 Å². The lowest BCUT2D eigenvalue weighted by molar-refractivity contribution is 0.407. The van der Waals surface area contributed by atoms with Crippen molar-refractivity contribution in [2.75, 3.05) is 0 Å². The van der Waals surface area contributed by atoms with Crippen LogP contribution in [0.2, 0.25) is 0 Å². The van der Waals surface area contributed by atoms with Crippen molar-refractivity contribution in [2.45, 2.75) is 6.54 Å². The average Bonchev–Trinajstić information content (AvgIpc) is 3.23. The zero-order chi connectivity index (χ0) is 15.1. The summed E-state index contributed by atoms with van der Waals surface area (Å²) in [7, 11) is 1.73. The minimum absolute atomic E-state index is 0.154. The first-order valence-electron chi connectivity index (χ1n) is 6.46. The van der Waals surface area contributed by atoms with Crippen molar-refractivity contribution in [3.05, 3.63) is 47.1 Å². The molecule has 110 valence electrons. The van der Waals surface area contributed by atoms with Gasteiger partial charge in [0.05, 0.1) is 19.0 Å². The molecule has 9 heteroatoms. The Morgan fingerprint density at radius 1 is 1.36 bits per heavy atom. The minimum Gasteiger partial charge on any atom is -0.459 e. The second-order valence-electron chi connectivity index (χ2n) is 4.68. The Hall–Kier alpha value is -3.23. The molecule has 0 aliphatic rings. The first-order valence-corrected chi connectivity index (χ1v) is 6.46. The van der Waals surface area contributed by atoms with Gasteiger partial charge in [-0.3, -0.25) is 14.0 Å². The maximum absolute atomic E-state index is 12.3. The number of hydrogen-bond acceptors (Lipinski definition) is 7. The summed E-state index contributed by atoms with van der Waals surface area (Å²) in [4.78, 5) is 20.8. The Labute approximate surface area is 122 Å². The van der Waals surface area contributed by atoms with E-state index >= 15 is 0 Å². The van der Waals surface area contributed by atoms with Gasteiger partial charge in [-0.15, -0.1) is 0 Å². The van der Waals surface area contributed by atoms with Crippen LogP contribution < -0.4 is 5.56 Å². The molecule has 0 atom stereocenters. The van der Waals surface area contributed by atoms with E-state index in [9.17, 15) is 4.79 Å². The molecule has 4 heterocycles. The van der Waals surface area contributed by atoms with Gasteiger partial charge < -0.3 is 8.94 Å². The van der Waals surface area contributed by atoms with Crippen molar-refractivity contribution in [1.82, 2.24) is 29.5 Å². The second kappa shape index (κ2) is 4.65. The van der Waals surface area contributed by atoms with Crippen molar-refractivity contribution in [3.8, 4) is 11.7 Å². The number of aromatic nitrogens is 6. The van der Waals surface area contributed by atoms with E-state index in [1.807, 2.05) is 0 Å². The average molecular weight is 298 g/mol. The standard InChI is InChI=1S/C13H10N6O3/c1-18-11-8(5-15-18)13(20)19(7-14-11)6-10-16-12(22-17-10)9-3-2-4-21-9/h2-5,7H,6H2,1H3. The van der Waals surface area contributed by atoms with E-state index in [-0.39, 0.29) is 18.0 Å². The van der Waals surface area contributed by atoms with Gasteiger partial charge in [0, 0.05) is 7.05 Å². The summed E-state index contributed by atoms with van der Waals surface area (Å²) in [5.41, 5.74) is 0.327. The molecule has 0 fully saturated rings. The largest absolute Gasteiger partial charge is 0.459 e. The summed E-state index contributed by atoms with van der Waals surface area (Å²) in [5, 5.41) is 8.30. The molecule has 4 aromatic heterocycles. The highest BCUT2D eigenvalue weighted by atomic mass is 16.5. The highest BCUT2D eigenvalue weighted by molar-refractivity contribution is 5.72. The van der Waals surface area contributed by atoms with Gasteiger partial charge in [0.25, 0.3) is 11.4 Å². The normalized spacial score (nSPS) is 11.3. The molecule has 0 bridgehead atoms. The van der Waals surface area contributed by atoms with Crippen LogP contribution in [0.5, 0.6) is 0 Å². The maximum atomic E-state index is 12.3. The summed E-state index contributed by atoms with van der Waals surface area (Å²) in [6.45, 7) is 0.154. The van der Waals surface area contributed by atoms with Gasteiger partial charge in [-0.25, -0.2) is 4.98 Å². The molecule has 0 spiro atoms. The Morgan fingerprint density at radius 2 is 2.27 bits per heavy atom. The number of hydrogen-bond donors (Lipinski definition) is 0. The Bertz CT molecular complexity index is 995. The quantitative estimate of drug-likeness (QED) is 0.551. The second-order valence-corrected chi connectivity index (χ2v) is 4.68. The minimum atomic E-state index is -0.206. The van der Waals surface area contributed by atoms with E-state index in [2.05, 4.69) is 20.2 Å². The van der Waals surface area contributed by atoms with Gasteiger partial charge in [-0.05, 0) is 12.1 Å². The van der Waals surface area contributed by atoms with Crippen LogP contribution >= 0.6 is 0 Å². The molecule has 4 aromatic rings. The summed E-state index contributed by atoms with van der Waals surface area (Å²) in [6.07, 6.45) is 4.45. The molecule has 0 aliphatic carbocycles. The van der Waals surface area contributed by atoms with Crippen molar-refractivity contribution < 1.29 is 8.94 Å². The highest BCUT2D eigenvalue weighted by Gasteiger charge is 2.13. The van der Waals surface area contributed by atoms with Crippen molar-refractivity contribution in [3.63, 3.8) is 0 Å². The lowest BCUT2D eigenvalue weighted by Gasteiger charge is -2.01. The van der Waals surface area contributed by atoms with Crippen molar-refractivity contribution >= 4 is 11.0 Å². The number of fused-ring (bicyclic) bond motifs is 1. The summed E-state index contributed by atoms with van der Waals surface area (Å²) in [5.74, 6) is 1.11. The predicted octanol–water partition coefficient (Wildman–Crippen LogP) is 0.821. The van der Waals surface area contributed by atoms with E-state index in [0.29, 0.717) is 22.6 Å². The zero-order valence-corrected chi connectivity index (χ0v) is 11.5. The number of furan rings is 1. The van der Waals surface area contributed by atoms with Crippen molar-refractivity contribution in [1.29, 1.82) is 0 Å².